The molecule has 0 aliphatic rings. The molecule has 0 aromatic heterocycles. The van der Waals surface area contributed by atoms with Crippen LogP contribution in [-0.2, 0) is 9.53 Å². The van der Waals surface area contributed by atoms with E-state index in [1.807, 2.05) is 45.0 Å². The van der Waals surface area contributed by atoms with Crippen molar-refractivity contribution in [3.63, 3.8) is 0 Å². The summed E-state index contributed by atoms with van der Waals surface area (Å²) in [5, 5.41) is 5.99. The molecular weight excluding hydrogens is 392 g/mol. The van der Waals surface area contributed by atoms with Crippen molar-refractivity contribution in [2.75, 3.05) is 23.8 Å². The number of anilines is 3. The third-order valence-corrected chi connectivity index (χ3v) is 4.80. The van der Waals surface area contributed by atoms with E-state index in [4.69, 9.17) is 9.47 Å². The minimum atomic E-state index is -0.574. The van der Waals surface area contributed by atoms with E-state index in [1.54, 1.807) is 42.5 Å². The van der Waals surface area contributed by atoms with Crippen LogP contribution in [0, 0.1) is 13.8 Å². The summed E-state index contributed by atoms with van der Waals surface area (Å²) in [4.78, 5) is 24.8. The number of carbonyl (C=O) groups excluding carboxylic acids is 2. The number of para-hydroxylation sites is 1. The number of amides is 1. The number of ether oxygens (including phenoxy) is 2. The SMILES string of the molecule is CCOc1ccc(NC(=O)COC(=O)c2ccccc2Nc2cccc(C)c2C)cc1. The Labute approximate surface area is 182 Å². The number of hydrogen-bond acceptors (Lipinski definition) is 5. The van der Waals surface area contributed by atoms with E-state index in [9.17, 15) is 9.59 Å². The predicted molar refractivity (Wildman–Crippen MR) is 122 cm³/mol. The fourth-order valence-electron chi connectivity index (χ4n) is 3.01. The second-order valence-corrected chi connectivity index (χ2v) is 7.00. The first-order chi connectivity index (χ1) is 15.0. The van der Waals surface area contributed by atoms with Gasteiger partial charge in [0.2, 0.25) is 0 Å². The van der Waals surface area contributed by atoms with E-state index in [-0.39, 0.29) is 6.61 Å². The van der Waals surface area contributed by atoms with Crippen LogP contribution in [0.5, 0.6) is 5.75 Å². The summed E-state index contributed by atoms with van der Waals surface area (Å²) < 4.78 is 10.6. The van der Waals surface area contributed by atoms with E-state index >= 15 is 0 Å². The number of aryl methyl sites for hydroxylation is 1. The lowest BCUT2D eigenvalue weighted by atomic mass is 10.1. The van der Waals surface area contributed by atoms with Gasteiger partial charge in [0, 0.05) is 11.4 Å². The maximum atomic E-state index is 12.6. The second-order valence-electron chi connectivity index (χ2n) is 7.00. The lowest BCUT2D eigenvalue weighted by molar-refractivity contribution is -0.119. The van der Waals surface area contributed by atoms with Gasteiger partial charge in [-0.1, -0.05) is 24.3 Å². The molecule has 1 amide bonds. The number of esters is 1. The summed E-state index contributed by atoms with van der Waals surface area (Å²) in [6, 6.07) is 20.0. The molecule has 0 radical (unpaired) electrons. The van der Waals surface area contributed by atoms with Gasteiger partial charge in [-0.05, 0) is 74.4 Å². The highest BCUT2D eigenvalue weighted by molar-refractivity contribution is 5.99. The molecule has 6 heteroatoms. The van der Waals surface area contributed by atoms with Gasteiger partial charge >= 0.3 is 5.97 Å². The molecule has 3 aromatic rings. The first kappa shape index (κ1) is 21.9. The van der Waals surface area contributed by atoms with E-state index < -0.39 is 11.9 Å². The van der Waals surface area contributed by atoms with E-state index in [1.165, 1.54) is 0 Å². The third kappa shape index (κ3) is 5.85. The van der Waals surface area contributed by atoms with Crippen LogP contribution >= 0.6 is 0 Å². The van der Waals surface area contributed by atoms with Gasteiger partial charge in [0.1, 0.15) is 5.75 Å². The molecule has 0 aliphatic heterocycles. The monoisotopic (exact) mass is 418 g/mol. The maximum absolute atomic E-state index is 12.6. The Morgan fingerprint density at radius 3 is 2.32 bits per heavy atom. The summed E-state index contributed by atoms with van der Waals surface area (Å²) in [5.74, 6) is -0.271. The Morgan fingerprint density at radius 2 is 1.58 bits per heavy atom. The van der Waals surface area contributed by atoms with Crippen molar-refractivity contribution in [1.29, 1.82) is 0 Å². The molecule has 0 spiro atoms. The van der Waals surface area contributed by atoms with E-state index in [2.05, 4.69) is 10.6 Å². The number of nitrogens with one attached hydrogen (secondary N) is 2. The zero-order valence-electron chi connectivity index (χ0n) is 17.9. The molecule has 0 atom stereocenters. The van der Waals surface area contributed by atoms with Crippen molar-refractivity contribution in [2.24, 2.45) is 0 Å². The van der Waals surface area contributed by atoms with Crippen LogP contribution < -0.4 is 15.4 Å². The molecule has 3 aromatic carbocycles. The molecule has 0 bridgehead atoms. The quantitative estimate of drug-likeness (QED) is 0.489. The van der Waals surface area contributed by atoms with Crippen molar-refractivity contribution >= 4 is 28.9 Å². The van der Waals surface area contributed by atoms with Crippen molar-refractivity contribution in [3.05, 3.63) is 83.4 Å². The molecule has 2 N–H and O–H groups in total. The smallest absolute Gasteiger partial charge is 0.340 e. The Bertz CT molecular complexity index is 1060. The lowest BCUT2D eigenvalue weighted by Crippen LogP contribution is -2.21. The van der Waals surface area contributed by atoms with Crippen molar-refractivity contribution in [2.45, 2.75) is 20.8 Å². The normalized spacial score (nSPS) is 10.3. The maximum Gasteiger partial charge on any atom is 0.340 e. The van der Waals surface area contributed by atoms with Crippen LogP contribution in [0.2, 0.25) is 0 Å². The largest absolute Gasteiger partial charge is 0.494 e. The molecule has 6 nitrogen and oxygen atoms in total. The van der Waals surface area contributed by atoms with Gasteiger partial charge < -0.3 is 20.1 Å². The van der Waals surface area contributed by atoms with E-state index in [0.29, 0.717) is 23.5 Å². The molecule has 0 unspecified atom stereocenters. The summed E-state index contributed by atoms with van der Waals surface area (Å²) in [7, 11) is 0. The van der Waals surface area contributed by atoms with Crippen LogP contribution in [0.3, 0.4) is 0 Å². The standard InChI is InChI=1S/C25H26N2O4/c1-4-30-20-14-12-19(13-15-20)26-24(28)16-31-25(29)21-9-5-6-10-23(21)27-22-11-7-8-17(2)18(22)3/h5-15,27H,4,16H2,1-3H3,(H,26,28). The molecular formula is C25H26N2O4. The summed E-state index contributed by atoms with van der Waals surface area (Å²) >= 11 is 0. The Kier molecular flexibility index (Phi) is 7.27. The van der Waals surface area contributed by atoms with Crippen molar-refractivity contribution < 1.29 is 19.1 Å². The topological polar surface area (TPSA) is 76.7 Å². The summed E-state index contributed by atoms with van der Waals surface area (Å²) in [6.45, 7) is 6.14. The van der Waals surface area contributed by atoms with Crippen LogP contribution in [-0.4, -0.2) is 25.1 Å². The molecule has 31 heavy (non-hydrogen) atoms. The number of rotatable bonds is 8. The fourth-order valence-corrected chi connectivity index (χ4v) is 3.01. The van der Waals surface area contributed by atoms with Crippen molar-refractivity contribution in [1.82, 2.24) is 0 Å². The highest BCUT2D eigenvalue weighted by atomic mass is 16.5. The third-order valence-electron chi connectivity index (χ3n) is 4.80. The summed E-state index contributed by atoms with van der Waals surface area (Å²) in [5.41, 5.74) is 4.73. The van der Waals surface area contributed by atoms with Crippen LogP contribution in [0.25, 0.3) is 0 Å². The van der Waals surface area contributed by atoms with Crippen LogP contribution in [0.1, 0.15) is 28.4 Å². The highest BCUT2D eigenvalue weighted by Crippen LogP contribution is 2.25. The van der Waals surface area contributed by atoms with Gasteiger partial charge in [-0.25, -0.2) is 4.79 Å². The lowest BCUT2D eigenvalue weighted by Gasteiger charge is -2.14. The minimum Gasteiger partial charge on any atom is -0.494 e. The average molecular weight is 418 g/mol. The van der Waals surface area contributed by atoms with Gasteiger partial charge in [0.25, 0.3) is 5.91 Å². The zero-order chi connectivity index (χ0) is 22.2. The number of carbonyl (C=O) groups is 2. The van der Waals surface area contributed by atoms with Crippen LogP contribution in [0.15, 0.2) is 66.7 Å². The molecule has 0 saturated carbocycles. The zero-order valence-corrected chi connectivity index (χ0v) is 17.9. The number of hydrogen-bond donors (Lipinski definition) is 2. The highest BCUT2D eigenvalue weighted by Gasteiger charge is 2.15. The number of benzene rings is 3. The van der Waals surface area contributed by atoms with Gasteiger partial charge in [-0.3, -0.25) is 4.79 Å². The average Bonchev–Trinajstić information content (AvgIpc) is 2.77. The molecule has 0 aliphatic carbocycles. The Hall–Kier alpha value is -3.80. The van der Waals surface area contributed by atoms with E-state index in [0.717, 1.165) is 22.6 Å². The van der Waals surface area contributed by atoms with Gasteiger partial charge in [-0.2, -0.15) is 0 Å². The first-order valence-corrected chi connectivity index (χ1v) is 10.1. The predicted octanol–water partition coefficient (Wildman–Crippen LogP) is 5.24. The first-order valence-electron chi connectivity index (χ1n) is 10.1. The molecule has 0 heterocycles. The second kappa shape index (κ2) is 10.3. The molecule has 160 valence electrons. The molecule has 3 rings (SSSR count). The van der Waals surface area contributed by atoms with Gasteiger partial charge in [-0.15, -0.1) is 0 Å². The van der Waals surface area contributed by atoms with Gasteiger partial charge in [0.05, 0.1) is 17.9 Å². The van der Waals surface area contributed by atoms with Crippen LogP contribution in [0.4, 0.5) is 17.1 Å². The molecule has 0 fully saturated rings. The fraction of sp³-hybridized carbons (Fsp3) is 0.200. The van der Waals surface area contributed by atoms with Crippen molar-refractivity contribution in [3.8, 4) is 5.75 Å². The minimum absolute atomic E-state index is 0.359. The molecule has 0 saturated heterocycles. The van der Waals surface area contributed by atoms with Gasteiger partial charge in [0.15, 0.2) is 6.61 Å². The Morgan fingerprint density at radius 1 is 0.871 bits per heavy atom. The Balaban J connectivity index is 1.61. The summed E-state index contributed by atoms with van der Waals surface area (Å²) in [6.07, 6.45) is 0.